The fourth-order valence-corrected chi connectivity index (χ4v) is 2.05. The Morgan fingerprint density at radius 2 is 2.06 bits per heavy atom. The highest BCUT2D eigenvalue weighted by Crippen LogP contribution is 2.29. The molecule has 0 aliphatic heterocycles. The summed E-state index contributed by atoms with van der Waals surface area (Å²) in [5.41, 5.74) is 1.02. The molecule has 0 aliphatic carbocycles. The van der Waals surface area contributed by atoms with Gasteiger partial charge in [0.1, 0.15) is 11.8 Å². The summed E-state index contributed by atoms with van der Waals surface area (Å²) in [6, 6.07) is 5.35. The molecule has 1 heterocycles. The van der Waals surface area contributed by atoms with Crippen LogP contribution in [-0.4, -0.2) is 22.2 Å². The summed E-state index contributed by atoms with van der Waals surface area (Å²) in [4.78, 5) is 8.10. The monoisotopic (exact) mass is 376 g/mol. The second-order valence-electron chi connectivity index (χ2n) is 3.53. The number of nitrogens with zero attached hydrogens (tertiary/aromatic N) is 2. The van der Waals surface area contributed by atoms with Gasteiger partial charge in [-0.25, -0.2) is 4.98 Å². The molecule has 0 radical (unpaired) electrons. The third kappa shape index (κ3) is 2.73. The maximum Gasteiger partial charge on any atom is 0.238 e. The Morgan fingerprint density at radius 3 is 2.72 bits per heavy atom. The van der Waals surface area contributed by atoms with Crippen molar-refractivity contribution in [2.45, 2.75) is 6.10 Å². The highest BCUT2D eigenvalue weighted by Gasteiger charge is 2.18. The third-order valence-corrected chi connectivity index (χ3v) is 3.98. The van der Waals surface area contributed by atoms with Crippen LogP contribution in [-0.2, 0) is 0 Å². The number of ether oxygens (including phenoxy) is 1. The molecule has 0 fully saturated rings. The van der Waals surface area contributed by atoms with Crippen molar-refractivity contribution in [3.63, 3.8) is 0 Å². The van der Waals surface area contributed by atoms with Crippen LogP contribution in [0.3, 0.4) is 0 Å². The fraction of sp³-hybridized carbons (Fsp3) is 0.167. The minimum Gasteiger partial charge on any atom is -0.480 e. The Bertz CT molecular complexity index is 566. The summed E-state index contributed by atoms with van der Waals surface area (Å²) >= 11 is 8.16. The molecule has 1 unspecified atom stereocenters. The van der Waals surface area contributed by atoms with Gasteiger partial charge in [0, 0.05) is 16.0 Å². The number of aliphatic hydroxyl groups excluding tert-OH is 1. The van der Waals surface area contributed by atoms with Crippen molar-refractivity contribution in [3.8, 4) is 5.88 Å². The molecule has 6 heteroatoms. The first-order chi connectivity index (χ1) is 8.63. The van der Waals surface area contributed by atoms with E-state index in [4.69, 9.17) is 16.3 Å². The molecule has 4 nitrogen and oxygen atoms in total. The van der Waals surface area contributed by atoms with Gasteiger partial charge in [-0.2, -0.15) is 0 Å². The fourth-order valence-electron chi connectivity index (χ4n) is 1.52. The van der Waals surface area contributed by atoms with Gasteiger partial charge in [0.15, 0.2) is 0 Å². The van der Waals surface area contributed by atoms with Crippen molar-refractivity contribution in [3.05, 3.63) is 50.4 Å². The molecule has 1 aromatic carbocycles. The predicted molar refractivity (Wildman–Crippen MR) is 76.8 cm³/mol. The van der Waals surface area contributed by atoms with E-state index in [1.165, 1.54) is 19.5 Å². The molecular formula is C12H10ClIN2O2. The van der Waals surface area contributed by atoms with Gasteiger partial charge in [0.25, 0.3) is 0 Å². The minimum absolute atomic E-state index is 0.305. The zero-order valence-electron chi connectivity index (χ0n) is 9.47. The lowest BCUT2D eigenvalue weighted by Crippen LogP contribution is -2.06. The molecule has 18 heavy (non-hydrogen) atoms. The molecule has 1 atom stereocenters. The molecule has 0 spiro atoms. The normalized spacial score (nSPS) is 12.2. The lowest BCUT2D eigenvalue weighted by atomic mass is 10.1. The van der Waals surface area contributed by atoms with E-state index in [0.717, 1.165) is 3.57 Å². The van der Waals surface area contributed by atoms with Gasteiger partial charge in [0.2, 0.25) is 5.88 Å². The summed E-state index contributed by atoms with van der Waals surface area (Å²) < 4.78 is 6.00. The Morgan fingerprint density at radius 1 is 1.33 bits per heavy atom. The predicted octanol–water partition coefficient (Wildman–Crippen LogP) is 2.82. The SMILES string of the molecule is COc1nccnc1C(O)c1ccc(I)c(Cl)c1. The Labute approximate surface area is 123 Å². The van der Waals surface area contributed by atoms with Crippen molar-refractivity contribution in [1.29, 1.82) is 0 Å². The van der Waals surface area contributed by atoms with Gasteiger partial charge in [-0.3, -0.25) is 4.98 Å². The average Bonchev–Trinajstić information content (AvgIpc) is 2.41. The van der Waals surface area contributed by atoms with E-state index in [-0.39, 0.29) is 0 Å². The van der Waals surface area contributed by atoms with E-state index >= 15 is 0 Å². The number of aliphatic hydroxyl groups is 1. The molecule has 2 aromatic rings. The zero-order valence-corrected chi connectivity index (χ0v) is 12.4. The number of benzene rings is 1. The molecule has 1 N–H and O–H groups in total. The van der Waals surface area contributed by atoms with Crippen LogP contribution in [0.1, 0.15) is 17.4 Å². The van der Waals surface area contributed by atoms with Crippen LogP contribution < -0.4 is 4.74 Å². The number of hydrogen-bond donors (Lipinski definition) is 1. The van der Waals surface area contributed by atoms with Crippen LogP contribution >= 0.6 is 34.2 Å². The van der Waals surface area contributed by atoms with Gasteiger partial charge in [0.05, 0.1) is 12.1 Å². The molecule has 2 rings (SSSR count). The Hall–Kier alpha value is -0.920. The summed E-state index contributed by atoms with van der Waals surface area (Å²) in [6.45, 7) is 0. The highest BCUT2D eigenvalue weighted by molar-refractivity contribution is 14.1. The quantitative estimate of drug-likeness (QED) is 0.837. The summed E-state index contributed by atoms with van der Waals surface area (Å²) in [6.07, 6.45) is 2.11. The van der Waals surface area contributed by atoms with E-state index in [0.29, 0.717) is 22.2 Å². The van der Waals surface area contributed by atoms with Crippen LogP contribution in [0.2, 0.25) is 5.02 Å². The molecule has 0 amide bonds. The summed E-state index contributed by atoms with van der Waals surface area (Å²) in [5, 5.41) is 10.9. The number of hydrogen-bond acceptors (Lipinski definition) is 4. The molecule has 0 saturated carbocycles. The molecular weight excluding hydrogens is 367 g/mol. The number of rotatable bonds is 3. The van der Waals surface area contributed by atoms with Crippen LogP contribution in [0.5, 0.6) is 5.88 Å². The standard InChI is InChI=1S/C12H10ClIN2O2/c1-18-12-10(15-4-5-16-12)11(17)7-2-3-9(14)8(13)6-7/h2-6,11,17H,1H3. The first kappa shape index (κ1) is 13.5. The van der Waals surface area contributed by atoms with Gasteiger partial charge >= 0.3 is 0 Å². The molecule has 1 aromatic heterocycles. The van der Waals surface area contributed by atoms with Crippen LogP contribution in [0.4, 0.5) is 0 Å². The smallest absolute Gasteiger partial charge is 0.238 e. The minimum atomic E-state index is -0.914. The highest BCUT2D eigenvalue weighted by atomic mass is 127. The van der Waals surface area contributed by atoms with Gasteiger partial charge in [-0.15, -0.1) is 0 Å². The largest absolute Gasteiger partial charge is 0.480 e. The van der Waals surface area contributed by atoms with E-state index in [1.807, 2.05) is 6.07 Å². The Balaban J connectivity index is 2.41. The van der Waals surface area contributed by atoms with E-state index < -0.39 is 6.10 Å². The van der Waals surface area contributed by atoms with E-state index in [1.54, 1.807) is 12.1 Å². The summed E-state index contributed by atoms with van der Waals surface area (Å²) in [5.74, 6) is 0.305. The van der Waals surface area contributed by atoms with Crippen LogP contribution in [0.15, 0.2) is 30.6 Å². The maximum atomic E-state index is 10.3. The average molecular weight is 377 g/mol. The van der Waals surface area contributed by atoms with Crippen molar-refractivity contribution < 1.29 is 9.84 Å². The zero-order chi connectivity index (χ0) is 13.1. The second-order valence-corrected chi connectivity index (χ2v) is 5.10. The topological polar surface area (TPSA) is 55.2 Å². The van der Waals surface area contributed by atoms with Crippen molar-refractivity contribution in [2.24, 2.45) is 0 Å². The van der Waals surface area contributed by atoms with Crippen molar-refractivity contribution >= 4 is 34.2 Å². The van der Waals surface area contributed by atoms with Gasteiger partial charge in [-0.1, -0.05) is 17.7 Å². The molecule has 0 aliphatic rings. The lowest BCUT2D eigenvalue weighted by molar-refractivity contribution is 0.207. The molecule has 94 valence electrons. The first-order valence-electron chi connectivity index (χ1n) is 5.11. The lowest BCUT2D eigenvalue weighted by Gasteiger charge is -2.13. The molecule has 0 saturated heterocycles. The second kappa shape index (κ2) is 5.81. The van der Waals surface area contributed by atoms with E-state index in [2.05, 4.69) is 32.6 Å². The van der Waals surface area contributed by atoms with Crippen molar-refractivity contribution in [2.75, 3.05) is 7.11 Å². The van der Waals surface area contributed by atoms with Crippen LogP contribution in [0, 0.1) is 3.57 Å². The van der Waals surface area contributed by atoms with Crippen LogP contribution in [0.25, 0.3) is 0 Å². The van der Waals surface area contributed by atoms with Gasteiger partial charge in [-0.05, 0) is 40.3 Å². The summed E-state index contributed by atoms with van der Waals surface area (Å²) in [7, 11) is 1.49. The van der Waals surface area contributed by atoms with E-state index in [9.17, 15) is 5.11 Å². The first-order valence-corrected chi connectivity index (χ1v) is 6.57. The van der Waals surface area contributed by atoms with Crippen molar-refractivity contribution in [1.82, 2.24) is 9.97 Å². The number of aromatic nitrogens is 2. The molecule has 0 bridgehead atoms. The van der Waals surface area contributed by atoms with Gasteiger partial charge < -0.3 is 9.84 Å². The maximum absolute atomic E-state index is 10.3. The third-order valence-electron chi connectivity index (χ3n) is 2.40. The Kier molecular flexibility index (Phi) is 4.36. The number of halogens is 2. The number of methoxy groups -OCH3 is 1.